The highest BCUT2D eigenvalue weighted by Gasteiger charge is 2.45. The van der Waals surface area contributed by atoms with Crippen molar-refractivity contribution in [3.63, 3.8) is 0 Å². The largest absolute Gasteiger partial charge is 0.464 e. The number of benzene rings is 1. The lowest BCUT2D eigenvalue weighted by Crippen LogP contribution is -2.42. The van der Waals surface area contributed by atoms with Crippen LogP contribution in [0.3, 0.4) is 0 Å². The van der Waals surface area contributed by atoms with Gasteiger partial charge >= 0.3 is 5.97 Å². The molecule has 3 rings (SSSR count). The topological polar surface area (TPSA) is 63.7 Å². The van der Waals surface area contributed by atoms with E-state index in [0.717, 1.165) is 4.90 Å². The van der Waals surface area contributed by atoms with Crippen molar-refractivity contribution in [1.82, 2.24) is 4.90 Å². The fourth-order valence-electron chi connectivity index (χ4n) is 2.21. The molecule has 1 atom stereocenters. The first-order valence-electron chi connectivity index (χ1n) is 5.33. The van der Waals surface area contributed by atoms with E-state index in [1.54, 1.807) is 24.3 Å². The van der Waals surface area contributed by atoms with Gasteiger partial charge < -0.3 is 4.74 Å². The Labute approximate surface area is 97.0 Å². The number of hydrogen-bond acceptors (Lipinski definition) is 4. The van der Waals surface area contributed by atoms with Gasteiger partial charge in [-0.05, 0) is 12.1 Å². The van der Waals surface area contributed by atoms with Gasteiger partial charge in [-0.15, -0.1) is 0 Å². The summed E-state index contributed by atoms with van der Waals surface area (Å²) in [6.45, 7) is 0.261. The van der Waals surface area contributed by atoms with E-state index in [1.165, 1.54) is 0 Å². The normalized spacial score (nSPS) is 22.9. The first kappa shape index (κ1) is 10.0. The Kier molecular flexibility index (Phi) is 2.01. The van der Waals surface area contributed by atoms with Crippen molar-refractivity contribution in [3.05, 3.63) is 35.4 Å². The summed E-state index contributed by atoms with van der Waals surface area (Å²) in [4.78, 5) is 36.5. The van der Waals surface area contributed by atoms with Crippen LogP contribution in [0.4, 0.5) is 0 Å². The first-order valence-corrected chi connectivity index (χ1v) is 5.33. The third-order valence-corrected chi connectivity index (χ3v) is 3.04. The second kappa shape index (κ2) is 3.41. The Balaban J connectivity index is 2.03. The van der Waals surface area contributed by atoms with Crippen molar-refractivity contribution < 1.29 is 19.1 Å². The van der Waals surface area contributed by atoms with Crippen LogP contribution in [0.25, 0.3) is 0 Å². The standard InChI is InChI=1S/C12H9NO4/c14-10-7-3-1-2-4-8(7)11(15)13(10)9-5-6-17-12(9)16/h1-4,9H,5-6H2/i13+1. The molecule has 1 saturated heterocycles. The molecule has 0 saturated carbocycles. The zero-order chi connectivity index (χ0) is 12.0. The molecule has 0 radical (unpaired) electrons. The third-order valence-electron chi connectivity index (χ3n) is 3.04. The summed E-state index contributed by atoms with van der Waals surface area (Å²) in [5.74, 6) is -1.32. The summed E-state index contributed by atoms with van der Waals surface area (Å²) in [6.07, 6.45) is 0.379. The van der Waals surface area contributed by atoms with E-state index in [4.69, 9.17) is 4.74 Å². The van der Waals surface area contributed by atoms with Gasteiger partial charge in [-0.3, -0.25) is 14.5 Å². The Morgan fingerprint density at radius 1 is 1.06 bits per heavy atom. The highest BCUT2D eigenvalue weighted by Crippen LogP contribution is 2.27. The van der Waals surface area contributed by atoms with Crippen molar-refractivity contribution in [2.75, 3.05) is 6.61 Å². The number of carbonyl (C=O) groups excluding carboxylic acids is 3. The quantitative estimate of drug-likeness (QED) is 0.404. The van der Waals surface area contributed by atoms with Gasteiger partial charge in [-0.1, -0.05) is 12.1 Å². The molecule has 1 aromatic carbocycles. The van der Waals surface area contributed by atoms with Gasteiger partial charge in [0.15, 0.2) is 0 Å². The Bertz CT molecular complexity index is 502. The molecule has 1 unspecified atom stereocenters. The van der Waals surface area contributed by atoms with E-state index in [-0.39, 0.29) is 6.61 Å². The molecule has 2 aliphatic rings. The van der Waals surface area contributed by atoms with Crippen molar-refractivity contribution >= 4 is 17.8 Å². The molecular weight excluding hydrogens is 223 g/mol. The molecule has 2 aliphatic heterocycles. The summed E-state index contributed by atoms with van der Waals surface area (Å²) in [5.41, 5.74) is 0.717. The minimum Gasteiger partial charge on any atom is -0.464 e. The lowest BCUT2D eigenvalue weighted by molar-refractivity contribution is -0.141. The zero-order valence-electron chi connectivity index (χ0n) is 8.88. The first-order chi connectivity index (χ1) is 8.20. The fourth-order valence-corrected chi connectivity index (χ4v) is 2.21. The molecule has 17 heavy (non-hydrogen) atoms. The smallest absolute Gasteiger partial charge is 0.329 e. The number of rotatable bonds is 1. The average Bonchev–Trinajstić information content (AvgIpc) is 2.84. The molecule has 5 nitrogen and oxygen atoms in total. The maximum atomic E-state index is 12.0. The lowest BCUT2D eigenvalue weighted by atomic mass is 10.1. The molecule has 0 aromatic heterocycles. The Hall–Kier alpha value is -2.17. The molecule has 0 spiro atoms. The van der Waals surface area contributed by atoms with Crippen molar-refractivity contribution in [1.29, 1.82) is 0 Å². The van der Waals surface area contributed by atoms with E-state index < -0.39 is 23.8 Å². The molecule has 2 amide bonds. The van der Waals surface area contributed by atoms with Crippen LogP contribution in [-0.2, 0) is 9.53 Å². The Morgan fingerprint density at radius 3 is 2.12 bits per heavy atom. The number of esters is 1. The van der Waals surface area contributed by atoms with Crippen LogP contribution in [0.15, 0.2) is 24.3 Å². The molecule has 2 heterocycles. The Morgan fingerprint density at radius 2 is 1.65 bits per heavy atom. The zero-order valence-corrected chi connectivity index (χ0v) is 8.88. The molecule has 0 N–H and O–H groups in total. The molecule has 0 aliphatic carbocycles. The number of amides is 2. The molecular formula is C12H9NO4. The molecule has 86 valence electrons. The van der Waals surface area contributed by atoms with Crippen molar-refractivity contribution in [3.8, 4) is 0 Å². The van der Waals surface area contributed by atoms with Crippen LogP contribution in [0.5, 0.6) is 0 Å². The van der Waals surface area contributed by atoms with Crippen LogP contribution in [0, 0.1) is 0 Å². The van der Waals surface area contributed by atoms with Crippen molar-refractivity contribution in [2.24, 2.45) is 0 Å². The van der Waals surface area contributed by atoms with E-state index in [0.29, 0.717) is 17.5 Å². The van der Waals surface area contributed by atoms with Gasteiger partial charge in [-0.25, -0.2) is 4.79 Å². The number of carbonyl (C=O) groups is 3. The second-order valence-electron chi connectivity index (χ2n) is 4.00. The summed E-state index contributed by atoms with van der Waals surface area (Å²) in [5, 5.41) is 0. The van der Waals surface area contributed by atoms with E-state index in [1.807, 2.05) is 0 Å². The number of imide groups is 1. The lowest BCUT2D eigenvalue weighted by Gasteiger charge is -2.17. The number of nitrogens with zero attached hydrogens (tertiary/aromatic N) is 1. The van der Waals surface area contributed by atoms with Gasteiger partial charge in [0.1, 0.15) is 6.04 Å². The van der Waals surface area contributed by atoms with Gasteiger partial charge in [0.2, 0.25) is 0 Å². The molecule has 1 fully saturated rings. The molecule has 0 bridgehead atoms. The van der Waals surface area contributed by atoms with Crippen LogP contribution < -0.4 is 0 Å². The fraction of sp³-hybridized carbons (Fsp3) is 0.250. The van der Waals surface area contributed by atoms with Gasteiger partial charge in [0, 0.05) is 6.42 Å². The van der Waals surface area contributed by atoms with Gasteiger partial charge in [-0.2, -0.15) is 0 Å². The predicted octanol–water partition coefficient (Wildman–Crippen LogP) is 0.598. The van der Waals surface area contributed by atoms with E-state index in [2.05, 4.69) is 0 Å². The van der Waals surface area contributed by atoms with Crippen molar-refractivity contribution in [2.45, 2.75) is 12.5 Å². The summed E-state index contributed by atoms with van der Waals surface area (Å²) < 4.78 is 4.79. The van der Waals surface area contributed by atoms with Crippen LogP contribution >= 0.6 is 0 Å². The van der Waals surface area contributed by atoms with Gasteiger partial charge in [0.05, 0.1) is 17.7 Å². The SMILES string of the molecule is O=C1OCCC1[15N]1C(=O)c2ccccc2C1=O. The minimum absolute atomic E-state index is 0.261. The second-order valence-corrected chi connectivity index (χ2v) is 4.00. The average molecular weight is 232 g/mol. The van der Waals surface area contributed by atoms with Crippen LogP contribution in [0.1, 0.15) is 27.1 Å². The highest BCUT2D eigenvalue weighted by atomic mass is 16.5. The maximum Gasteiger partial charge on any atom is 0.329 e. The number of ether oxygens (including phenoxy) is 1. The highest BCUT2D eigenvalue weighted by molar-refractivity contribution is 6.22. The minimum atomic E-state index is -0.762. The summed E-state index contributed by atoms with van der Waals surface area (Å²) >= 11 is 0. The van der Waals surface area contributed by atoms with E-state index >= 15 is 0 Å². The summed E-state index contributed by atoms with van der Waals surface area (Å²) in [7, 11) is 0. The maximum absolute atomic E-state index is 12.0. The van der Waals surface area contributed by atoms with E-state index in [9.17, 15) is 14.4 Å². The summed E-state index contributed by atoms with van der Waals surface area (Å²) in [6, 6.07) is 5.81. The molecule has 1 aromatic rings. The number of cyclic esters (lactones) is 1. The third kappa shape index (κ3) is 1.28. The monoisotopic (exact) mass is 232 g/mol. The molecule has 5 heteroatoms. The predicted molar refractivity (Wildman–Crippen MR) is 56.3 cm³/mol. The van der Waals surface area contributed by atoms with Gasteiger partial charge in [0.25, 0.3) is 11.8 Å². The number of fused-ring (bicyclic) bond motifs is 1. The van der Waals surface area contributed by atoms with Crippen LogP contribution in [0.2, 0.25) is 0 Å². The van der Waals surface area contributed by atoms with Crippen LogP contribution in [-0.4, -0.2) is 35.3 Å². The number of hydrogen-bond donors (Lipinski definition) is 0.